The molecule has 0 saturated heterocycles. The Morgan fingerprint density at radius 1 is 0.862 bits per heavy atom. The molecule has 0 spiro atoms. The van der Waals surface area contributed by atoms with Crippen molar-refractivity contribution in [3.05, 3.63) is 18.0 Å². The van der Waals surface area contributed by atoms with Gasteiger partial charge in [-0.3, -0.25) is 9.48 Å². The first-order valence-corrected chi connectivity index (χ1v) is 12.4. The topological polar surface area (TPSA) is 46.9 Å². The zero-order chi connectivity index (χ0) is 21.2. The van der Waals surface area contributed by atoms with Gasteiger partial charge in [0.25, 0.3) is 0 Å². The van der Waals surface area contributed by atoms with Crippen LogP contribution in [0.1, 0.15) is 128 Å². The van der Waals surface area contributed by atoms with Gasteiger partial charge in [0.15, 0.2) is 0 Å². The molecule has 1 unspecified atom stereocenters. The Balaban J connectivity index is 1.80. The Kier molecular flexibility index (Phi) is 15.5. The van der Waals surface area contributed by atoms with Crippen molar-refractivity contribution in [3.8, 4) is 0 Å². The van der Waals surface area contributed by atoms with E-state index in [0.717, 1.165) is 18.7 Å². The quantitative estimate of drug-likeness (QED) is 0.249. The molecule has 1 rings (SSSR count). The van der Waals surface area contributed by atoms with E-state index in [-0.39, 0.29) is 11.9 Å². The van der Waals surface area contributed by atoms with Crippen LogP contribution in [0.25, 0.3) is 0 Å². The lowest BCUT2D eigenvalue weighted by molar-refractivity contribution is -0.124. The molecule has 0 aromatic carbocycles. The molecule has 0 radical (unpaired) electrons. The molecule has 0 aliphatic rings. The van der Waals surface area contributed by atoms with Crippen LogP contribution in [0.4, 0.5) is 0 Å². The van der Waals surface area contributed by atoms with Crippen LogP contribution in [0.5, 0.6) is 0 Å². The zero-order valence-electron chi connectivity index (χ0n) is 19.6. The van der Waals surface area contributed by atoms with Gasteiger partial charge in [-0.05, 0) is 26.3 Å². The van der Waals surface area contributed by atoms with E-state index in [1.54, 1.807) is 4.68 Å². The molecule has 1 N–H and O–H groups in total. The van der Waals surface area contributed by atoms with Gasteiger partial charge in [0.05, 0.1) is 5.69 Å². The third-order valence-corrected chi connectivity index (χ3v) is 5.85. The summed E-state index contributed by atoms with van der Waals surface area (Å²) >= 11 is 0. The normalized spacial score (nSPS) is 12.2. The molecule has 29 heavy (non-hydrogen) atoms. The van der Waals surface area contributed by atoms with Gasteiger partial charge >= 0.3 is 0 Å². The van der Waals surface area contributed by atoms with Gasteiger partial charge in [-0.15, -0.1) is 0 Å². The fraction of sp³-hybridized carbons (Fsp3) is 0.840. The van der Waals surface area contributed by atoms with E-state index >= 15 is 0 Å². The third kappa shape index (κ3) is 13.5. The number of aryl methyl sites for hydroxylation is 1. The summed E-state index contributed by atoms with van der Waals surface area (Å²) in [5, 5.41) is 7.35. The number of aromatic nitrogens is 2. The zero-order valence-corrected chi connectivity index (χ0v) is 19.6. The van der Waals surface area contributed by atoms with Crippen LogP contribution in [-0.4, -0.2) is 22.2 Å². The van der Waals surface area contributed by atoms with Crippen molar-refractivity contribution in [2.75, 3.05) is 6.54 Å². The average Bonchev–Trinajstić information content (AvgIpc) is 3.15. The Hall–Kier alpha value is -1.32. The average molecular weight is 406 g/mol. The monoisotopic (exact) mass is 405 g/mol. The van der Waals surface area contributed by atoms with Crippen LogP contribution in [0, 0.1) is 6.92 Å². The van der Waals surface area contributed by atoms with Crippen LogP contribution in [0.15, 0.2) is 12.3 Å². The first-order chi connectivity index (χ1) is 14.1. The Labute approximate surface area is 180 Å². The van der Waals surface area contributed by atoms with Crippen LogP contribution < -0.4 is 5.32 Å². The smallest absolute Gasteiger partial charge is 0.244 e. The lowest BCUT2D eigenvalue weighted by atomic mass is 10.0. The van der Waals surface area contributed by atoms with Gasteiger partial charge in [-0.25, -0.2) is 0 Å². The van der Waals surface area contributed by atoms with Crippen LogP contribution in [-0.2, 0) is 4.79 Å². The van der Waals surface area contributed by atoms with Crippen molar-refractivity contribution < 1.29 is 4.79 Å². The molecule has 168 valence electrons. The van der Waals surface area contributed by atoms with Crippen molar-refractivity contribution in [2.24, 2.45) is 0 Å². The van der Waals surface area contributed by atoms with Gasteiger partial charge in [-0.2, -0.15) is 5.10 Å². The molecule has 1 amide bonds. The van der Waals surface area contributed by atoms with E-state index in [4.69, 9.17) is 0 Å². The summed E-state index contributed by atoms with van der Waals surface area (Å²) in [6, 6.07) is 1.70. The molecule has 0 saturated carbocycles. The third-order valence-electron chi connectivity index (χ3n) is 5.85. The van der Waals surface area contributed by atoms with E-state index in [9.17, 15) is 4.79 Å². The van der Waals surface area contributed by atoms with Gasteiger partial charge < -0.3 is 5.32 Å². The summed E-state index contributed by atoms with van der Waals surface area (Å²) in [6.45, 7) is 6.90. The van der Waals surface area contributed by atoms with E-state index in [2.05, 4.69) is 17.3 Å². The molecule has 4 nitrogen and oxygen atoms in total. The van der Waals surface area contributed by atoms with E-state index in [0.29, 0.717) is 0 Å². The van der Waals surface area contributed by atoms with Crippen molar-refractivity contribution in [1.82, 2.24) is 15.1 Å². The van der Waals surface area contributed by atoms with Crippen molar-refractivity contribution in [2.45, 2.75) is 130 Å². The minimum absolute atomic E-state index is 0.0639. The molecule has 0 fully saturated rings. The fourth-order valence-corrected chi connectivity index (χ4v) is 3.80. The van der Waals surface area contributed by atoms with Gasteiger partial charge in [-0.1, -0.05) is 103 Å². The highest BCUT2D eigenvalue weighted by atomic mass is 16.2. The molecular formula is C25H47N3O. The first-order valence-electron chi connectivity index (χ1n) is 12.4. The number of carbonyl (C=O) groups excluding carboxylic acids is 1. The summed E-state index contributed by atoms with van der Waals surface area (Å²) in [7, 11) is 0. The molecule has 1 atom stereocenters. The van der Waals surface area contributed by atoms with Crippen LogP contribution in [0.2, 0.25) is 0 Å². The maximum absolute atomic E-state index is 12.1. The summed E-state index contributed by atoms with van der Waals surface area (Å²) < 4.78 is 1.73. The number of unbranched alkanes of at least 4 members (excludes halogenated alkanes) is 15. The van der Waals surface area contributed by atoms with E-state index in [1.807, 2.05) is 26.1 Å². The molecule has 1 aromatic heterocycles. The molecule has 4 heteroatoms. The van der Waals surface area contributed by atoms with Crippen LogP contribution in [0.3, 0.4) is 0 Å². The number of hydrogen-bond donors (Lipinski definition) is 1. The lowest BCUT2D eigenvalue weighted by Gasteiger charge is -2.12. The van der Waals surface area contributed by atoms with Crippen molar-refractivity contribution in [3.63, 3.8) is 0 Å². The number of hydrogen-bond acceptors (Lipinski definition) is 2. The number of nitrogens with one attached hydrogen (secondary N) is 1. The van der Waals surface area contributed by atoms with E-state index < -0.39 is 0 Å². The minimum atomic E-state index is -0.232. The molecule has 1 heterocycles. The Morgan fingerprint density at radius 3 is 1.72 bits per heavy atom. The second-order valence-electron chi connectivity index (χ2n) is 8.71. The Morgan fingerprint density at radius 2 is 1.31 bits per heavy atom. The number of carbonyl (C=O) groups is 1. The van der Waals surface area contributed by atoms with Gasteiger partial charge in [0.2, 0.25) is 5.91 Å². The summed E-state index contributed by atoms with van der Waals surface area (Å²) in [5.74, 6) is 0.0639. The second-order valence-corrected chi connectivity index (χ2v) is 8.71. The SMILES string of the molecule is CCCCCCCCCCCCCCCCCCNC(=O)C(C)n1ccc(C)n1. The van der Waals surface area contributed by atoms with Crippen molar-refractivity contribution >= 4 is 5.91 Å². The highest BCUT2D eigenvalue weighted by Gasteiger charge is 2.14. The molecule has 1 aromatic rings. The maximum atomic E-state index is 12.1. The molecule has 0 bridgehead atoms. The molecule has 0 aliphatic carbocycles. The fourth-order valence-electron chi connectivity index (χ4n) is 3.80. The number of nitrogens with zero attached hydrogens (tertiary/aromatic N) is 2. The first kappa shape index (κ1) is 25.7. The standard InChI is InChI=1S/C25H47N3O/c1-4-5-6-7-8-9-10-11-12-13-14-15-16-17-18-19-21-26-25(29)24(3)28-22-20-23(2)27-28/h20,22,24H,4-19,21H2,1-3H3,(H,26,29). The maximum Gasteiger partial charge on any atom is 0.244 e. The van der Waals surface area contributed by atoms with Crippen LogP contribution >= 0.6 is 0 Å². The minimum Gasteiger partial charge on any atom is -0.354 e. The summed E-state index contributed by atoms with van der Waals surface area (Å²) in [5.41, 5.74) is 0.947. The Bertz CT molecular complexity index is 512. The van der Waals surface area contributed by atoms with E-state index in [1.165, 1.54) is 96.3 Å². The predicted molar refractivity (Wildman–Crippen MR) is 124 cm³/mol. The number of amides is 1. The second kappa shape index (κ2) is 17.5. The van der Waals surface area contributed by atoms with Crippen molar-refractivity contribution in [1.29, 1.82) is 0 Å². The summed E-state index contributed by atoms with van der Waals surface area (Å²) in [4.78, 5) is 12.1. The highest BCUT2D eigenvalue weighted by Crippen LogP contribution is 2.13. The predicted octanol–water partition coefficient (Wildman–Crippen LogP) is 7.13. The largest absolute Gasteiger partial charge is 0.354 e. The molecular weight excluding hydrogens is 358 g/mol. The summed E-state index contributed by atoms with van der Waals surface area (Å²) in [6.07, 6.45) is 23.8. The highest BCUT2D eigenvalue weighted by molar-refractivity contribution is 5.79. The molecule has 0 aliphatic heterocycles. The van der Waals surface area contributed by atoms with Gasteiger partial charge in [0.1, 0.15) is 6.04 Å². The van der Waals surface area contributed by atoms with Gasteiger partial charge in [0, 0.05) is 12.7 Å². The lowest BCUT2D eigenvalue weighted by Crippen LogP contribution is -2.32. The number of rotatable bonds is 19.